The minimum atomic E-state index is -3.41. The third kappa shape index (κ3) is 3.34. The van der Waals surface area contributed by atoms with Crippen molar-refractivity contribution in [1.29, 1.82) is 0 Å². The molecule has 0 aliphatic carbocycles. The third-order valence-corrected chi connectivity index (χ3v) is 8.19. The Morgan fingerprint density at radius 3 is 2.46 bits per heavy atom. The van der Waals surface area contributed by atoms with Crippen LogP contribution in [-0.2, 0) is 10.0 Å². The van der Waals surface area contributed by atoms with Gasteiger partial charge in [-0.05, 0) is 36.6 Å². The molecule has 1 fully saturated rings. The van der Waals surface area contributed by atoms with Gasteiger partial charge in [-0.2, -0.15) is 4.31 Å². The molecule has 0 atom stereocenters. The van der Waals surface area contributed by atoms with E-state index in [2.05, 4.69) is 29.4 Å². The highest BCUT2D eigenvalue weighted by Crippen LogP contribution is 2.32. The average Bonchev–Trinajstić information content (AvgIpc) is 3.12. The summed E-state index contributed by atoms with van der Waals surface area (Å²) in [5.41, 5.74) is 1.00. The van der Waals surface area contributed by atoms with Crippen molar-refractivity contribution in [2.45, 2.75) is 9.79 Å². The van der Waals surface area contributed by atoms with Gasteiger partial charge in [-0.1, -0.05) is 29.5 Å². The van der Waals surface area contributed by atoms with Crippen molar-refractivity contribution in [3.05, 3.63) is 48.5 Å². The van der Waals surface area contributed by atoms with Crippen LogP contribution >= 0.6 is 23.1 Å². The predicted octanol–water partition coefficient (Wildman–Crippen LogP) is 3.53. The van der Waals surface area contributed by atoms with Crippen LogP contribution in [-0.4, -0.2) is 50.1 Å². The van der Waals surface area contributed by atoms with Crippen LogP contribution < -0.4 is 4.90 Å². The number of hydrogen-bond donors (Lipinski definition) is 0. The van der Waals surface area contributed by atoms with Gasteiger partial charge in [0.1, 0.15) is 0 Å². The summed E-state index contributed by atoms with van der Waals surface area (Å²) in [5.74, 6) is 0. The molecule has 26 heavy (non-hydrogen) atoms. The number of fused-ring (bicyclic) bond motifs is 1. The standard InChI is InChI=1S/C18H19N3O2S3/c1-24-14-7-8-16-17(13-14)25-18(19-16)20-9-11-21(12-10-20)26(22,23)15-5-3-2-4-6-15/h2-8,13H,9-12H2,1H3. The number of aromatic nitrogens is 1. The minimum Gasteiger partial charge on any atom is -0.345 e. The molecule has 136 valence electrons. The van der Waals surface area contributed by atoms with Gasteiger partial charge >= 0.3 is 0 Å². The summed E-state index contributed by atoms with van der Waals surface area (Å²) in [6, 6.07) is 14.9. The van der Waals surface area contributed by atoms with E-state index in [0.717, 1.165) is 10.6 Å². The lowest BCUT2D eigenvalue weighted by Crippen LogP contribution is -2.48. The first-order valence-electron chi connectivity index (χ1n) is 8.33. The van der Waals surface area contributed by atoms with Crippen LogP contribution in [0.4, 0.5) is 5.13 Å². The zero-order chi connectivity index (χ0) is 18.1. The van der Waals surface area contributed by atoms with Crippen LogP contribution in [0, 0.1) is 0 Å². The highest BCUT2D eigenvalue weighted by atomic mass is 32.2. The van der Waals surface area contributed by atoms with Crippen molar-refractivity contribution in [3.8, 4) is 0 Å². The summed E-state index contributed by atoms with van der Waals surface area (Å²) in [5, 5.41) is 0.968. The normalized spacial score (nSPS) is 16.3. The Kier molecular flexibility index (Phi) is 4.92. The van der Waals surface area contributed by atoms with E-state index < -0.39 is 10.0 Å². The molecule has 1 aliphatic heterocycles. The molecule has 0 amide bonds. The van der Waals surface area contributed by atoms with Crippen LogP contribution in [0.15, 0.2) is 58.3 Å². The molecule has 1 aromatic heterocycles. The third-order valence-electron chi connectivity index (χ3n) is 4.47. The molecule has 5 nitrogen and oxygen atoms in total. The first-order chi connectivity index (χ1) is 12.6. The Hall–Kier alpha value is -1.61. The van der Waals surface area contributed by atoms with Crippen molar-refractivity contribution in [1.82, 2.24) is 9.29 Å². The van der Waals surface area contributed by atoms with Gasteiger partial charge in [0.25, 0.3) is 0 Å². The van der Waals surface area contributed by atoms with Gasteiger partial charge in [-0.3, -0.25) is 0 Å². The number of thiazole rings is 1. The summed E-state index contributed by atoms with van der Waals surface area (Å²) in [6.45, 7) is 2.26. The fourth-order valence-electron chi connectivity index (χ4n) is 3.02. The van der Waals surface area contributed by atoms with Gasteiger partial charge in [0.2, 0.25) is 10.0 Å². The Bertz CT molecular complexity index is 1010. The Morgan fingerprint density at radius 2 is 1.77 bits per heavy atom. The van der Waals surface area contributed by atoms with Gasteiger partial charge in [-0.25, -0.2) is 13.4 Å². The molecule has 2 heterocycles. The number of anilines is 1. The van der Waals surface area contributed by atoms with Crippen LogP contribution in [0.5, 0.6) is 0 Å². The van der Waals surface area contributed by atoms with Gasteiger partial charge < -0.3 is 4.90 Å². The molecule has 0 spiro atoms. The number of nitrogens with zero attached hydrogens (tertiary/aromatic N) is 3. The second kappa shape index (κ2) is 7.19. The van der Waals surface area contributed by atoms with E-state index in [1.807, 2.05) is 6.07 Å². The summed E-state index contributed by atoms with van der Waals surface area (Å²) in [7, 11) is -3.41. The molecule has 2 aromatic carbocycles. The monoisotopic (exact) mass is 405 g/mol. The van der Waals surface area contributed by atoms with Crippen LogP contribution in [0.2, 0.25) is 0 Å². The van der Waals surface area contributed by atoms with Gasteiger partial charge in [0, 0.05) is 31.1 Å². The summed E-state index contributed by atoms with van der Waals surface area (Å²) in [4.78, 5) is 8.49. The second-order valence-corrected chi connectivity index (χ2v) is 9.86. The second-order valence-electron chi connectivity index (χ2n) is 6.03. The number of benzene rings is 2. The quantitative estimate of drug-likeness (QED) is 0.622. The SMILES string of the molecule is CSc1ccc2nc(N3CCN(S(=O)(=O)c4ccccc4)CC3)sc2c1. The first kappa shape index (κ1) is 17.8. The van der Waals surface area contributed by atoms with Gasteiger partial charge in [-0.15, -0.1) is 11.8 Å². The topological polar surface area (TPSA) is 53.5 Å². The molecule has 8 heteroatoms. The average molecular weight is 406 g/mol. The molecule has 1 aliphatic rings. The smallest absolute Gasteiger partial charge is 0.243 e. The van der Waals surface area contributed by atoms with E-state index >= 15 is 0 Å². The van der Waals surface area contributed by atoms with E-state index in [1.165, 1.54) is 9.60 Å². The fraction of sp³-hybridized carbons (Fsp3) is 0.278. The number of thioether (sulfide) groups is 1. The van der Waals surface area contributed by atoms with E-state index in [-0.39, 0.29) is 0 Å². The zero-order valence-electron chi connectivity index (χ0n) is 14.3. The highest BCUT2D eigenvalue weighted by molar-refractivity contribution is 7.98. The number of hydrogen-bond acceptors (Lipinski definition) is 6. The highest BCUT2D eigenvalue weighted by Gasteiger charge is 2.29. The van der Waals surface area contributed by atoms with Gasteiger partial charge in [0.15, 0.2) is 5.13 Å². The summed E-state index contributed by atoms with van der Waals surface area (Å²) >= 11 is 3.39. The zero-order valence-corrected chi connectivity index (χ0v) is 16.8. The largest absolute Gasteiger partial charge is 0.345 e. The molecule has 0 unspecified atom stereocenters. The van der Waals surface area contributed by atoms with Gasteiger partial charge in [0.05, 0.1) is 15.1 Å². The maximum absolute atomic E-state index is 12.7. The number of sulfonamides is 1. The van der Waals surface area contributed by atoms with Crippen LogP contribution in [0.1, 0.15) is 0 Å². The Balaban J connectivity index is 1.50. The lowest BCUT2D eigenvalue weighted by Gasteiger charge is -2.33. The summed E-state index contributed by atoms with van der Waals surface area (Å²) < 4.78 is 28.2. The van der Waals surface area contributed by atoms with Crippen molar-refractivity contribution >= 4 is 48.5 Å². The van der Waals surface area contributed by atoms with E-state index in [0.29, 0.717) is 31.1 Å². The van der Waals surface area contributed by atoms with E-state index in [4.69, 9.17) is 4.98 Å². The molecular formula is C18H19N3O2S3. The molecular weight excluding hydrogens is 386 g/mol. The lowest BCUT2D eigenvalue weighted by atomic mass is 10.3. The van der Waals surface area contributed by atoms with Crippen LogP contribution in [0.3, 0.4) is 0 Å². The maximum Gasteiger partial charge on any atom is 0.243 e. The fourth-order valence-corrected chi connectivity index (χ4v) is 6.03. The molecule has 0 N–H and O–H groups in total. The van der Waals surface area contributed by atoms with Crippen molar-refractivity contribution < 1.29 is 8.42 Å². The van der Waals surface area contributed by atoms with E-state index in [1.54, 1.807) is 51.7 Å². The molecule has 4 rings (SSSR count). The number of rotatable bonds is 4. The lowest BCUT2D eigenvalue weighted by molar-refractivity contribution is 0.385. The summed E-state index contributed by atoms with van der Waals surface area (Å²) in [6.07, 6.45) is 2.06. The molecule has 0 radical (unpaired) electrons. The Labute approximate surface area is 161 Å². The molecule has 1 saturated heterocycles. The molecule has 0 saturated carbocycles. The molecule has 0 bridgehead atoms. The maximum atomic E-state index is 12.7. The minimum absolute atomic E-state index is 0.359. The van der Waals surface area contributed by atoms with E-state index in [9.17, 15) is 8.42 Å². The predicted molar refractivity (Wildman–Crippen MR) is 109 cm³/mol. The van der Waals surface area contributed by atoms with Crippen molar-refractivity contribution in [3.63, 3.8) is 0 Å². The van der Waals surface area contributed by atoms with Crippen molar-refractivity contribution in [2.75, 3.05) is 37.3 Å². The van der Waals surface area contributed by atoms with Crippen molar-refractivity contribution in [2.24, 2.45) is 0 Å². The van der Waals surface area contributed by atoms with Crippen LogP contribution in [0.25, 0.3) is 10.2 Å². The first-order valence-corrected chi connectivity index (χ1v) is 11.8. The number of piperazine rings is 1. The Morgan fingerprint density at radius 1 is 1.04 bits per heavy atom. The molecule has 3 aromatic rings.